The highest BCUT2D eigenvalue weighted by Gasteiger charge is 2.27. The molecule has 0 bridgehead atoms. The summed E-state index contributed by atoms with van der Waals surface area (Å²) in [6, 6.07) is 4.16. The number of carbonyl (C=O) groups excluding carboxylic acids is 1. The van der Waals surface area contributed by atoms with E-state index in [0.717, 1.165) is 0 Å². The lowest BCUT2D eigenvalue weighted by atomic mass is 10.1. The van der Waals surface area contributed by atoms with E-state index in [1.54, 1.807) is 0 Å². The lowest BCUT2D eigenvalue weighted by molar-refractivity contribution is 0.103. The van der Waals surface area contributed by atoms with Crippen molar-refractivity contribution in [1.82, 2.24) is 0 Å². The van der Waals surface area contributed by atoms with Crippen molar-refractivity contribution in [2.24, 2.45) is 5.73 Å². The summed E-state index contributed by atoms with van der Waals surface area (Å²) >= 11 is 0. The van der Waals surface area contributed by atoms with Gasteiger partial charge in [0.1, 0.15) is 5.82 Å². The number of allylic oxidation sites excluding steroid dienone is 1. The number of Topliss-reactive ketones (excluding diaryl/α,β-unsaturated/α-hetero) is 1. The Kier molecular flexibility index (Phi) is 2.75. The number of carbonyl (C=O) groups is 1. The topological polar surface area (TPSA) is 52.3 Å². The number of ether oxygens (including phenoxy) is 1. The normalized spacial score (nSPS) is 17.5. The number of hydrogen-bond donors (Lipinski definition) is 1. The van der Waals surface area contributed by atoms with E-state index in [2.05, 4.69) is 0 Å². The van der Waals surface area contributed by atoms with Crippen LogP contribution in [-0.4, -0.2) is 19.5 Å². The standard InChI is InChI=1S/C12H12FNO2/c1-16-6-11(14)10-5-7-4-8(13)2-3-9(7)12(10)15/h2-4H,5-6,14H2,1H3/b11-10-. The van der Waals surface area contributed by atoms with Crippen molar-refractivity contribution in [2.75, 3.05) is 13.7 Å². The molecule has 0 unspecified atom stereocenters. The van der Waals surface area contributed by atoms with Gasteiger partial charge in [-0.25, -0.2) is 4.39 Å². The number of ketones is 1. The number of nitrogens with two attached hydrogens (primary N) is 1. The number of fused-ring (bicyclic) bond motifs is 1. The third-order valence-corrected chi connectivity index (χ3v) is 2.64. The summed E-state index contributed by atoms with van der Waals surface area (Å²) in [7, 11) is 1.51. The number of benzene rings is 1. The van der Waals surface area contributed by atoms with Crippen LogP contribution in [0.2, 0.25) is 0 Å². The molecule has 0 spiro atoms. The highest BCUT2D eigenvalue weighted by molar-refractivity contribution is 6.13. The van der Waals surface area contributed by atoms with E-state index in [1.165, 1.54) is 25.3 Å². The lowest BCUT2D eigenvalue weighted by Crippen LogP contribution is -2.12. The zero-order valence-electron chi connectivity index (χ0n) is 8.92. The second-order valence-electron chi connectivity index (χ2n) is 3.74. The Morgan fingerprint density at radius 3 is 3.00 bits per heavy atom. The van der Waals surface area contributed by atoms with E-state index >= 15 is 0 Å². The van der Waals surface area contributed by atoms with Gasteiger partial charge < -0.3 is 10.5 Å². The Labute approximate surface area is 92.7 Å². The Balaban J connectivity index is 2.41. The molecule has 0 fully saturated rings. The van der Waals surface area contributed by atoms with Crippen LogP contribution in [0.3, 0.4) is 0 Å². The van der Waals surface area contributed by atoms with E-state index in [0.29, 0.717) is 28.8 Å². The molecule has 1 aliphatic carbocycles. The molecule has 0 saturated heterocycles. The van der Waals surface area contributed by atoms with Gasteiger partial charge in [-0.2, -0.15) is 0 Å². The minimum Gasteiger partial charge on any atom is -0.400 e. The predicted molar refractivity (Wildman–Crippen MR) is 57.5 cm³/mol. The van der Waals surface area contributed by atoms with Gasteiger partial charge in [-0.15, -0.1) is 0 Å². The van der Waals surface area contributed by atoms with Crippen LogP contribution in [0, 0.1) is 5.82 Å². The average molecular weight is 221 g/mol. The summed E-state index contributed by atoms with van der Waals surface area (Å²) in [6.45, 7) is 0.220. The molecule has 16 heavy (non-hydrogen) atoms. The fourth-order valence-corrected chi connectivity index (χ4v) is 1.87. The van der Waals surface area contributed by atoms with E-state index in [1.807, 2.05) is 0 Å². The molecule has 0 aliphatic heterocycles. The van der Waals surface area contributed by atoms with Crippen LogP contribution in [0.4, 0.5) is 4.39 Å². The van der Waals surface area contributed by atoms with Crippen molar-refractivity contribution in [1.29, 1.82) is 0 Å². The third kappa shape index (κ3) is 1.72. The Morgan fingerprint density at radius 1 is 1.56 bits per heavy atom. The van der Waals surface area contributed by atoms with Gasteiger partial charge in [-0.3, -0.25) is 4.79 Å². The first-order chi connectivity index (χ1) is 7.63. The number of halogens is 1. The maximum Gasteiger partial charge on any atom is 0.191 e. The molecule has 0 amide bonds. The molecule has 4 heteroatoms. The van der Waals surface area contributed by atoms with Crippen molar-refractivity contribution >= 4 is 5.78 Å². The second-order valence-corrected chi connectivity index (χ2v) is 3.74. The summed E-state index contributed by atoms with van der Waals surface area (Å²) in [5.74, 6) is -0.456. The van der Waals surface area contributed by atoms with Gasteiger partial charge >= 0.3 is 0 Å². The maximum atomic E-state index is 13.0. The molecule has 0 atom stereocenters. The molecule has 0 heterocycles. The van der Waals surface area contributed by atoms with Gasteiger partial charge in [0.15, 0.2) is 5.78 Å². The largest absolute Gasteiger partial charge is 0.400 e. The molecule has 0 aromatic heterocycles. The van der Waals surface area contributed by atoms with Crippen molar-refractivity contribution in [3.05, 3.63) is 46.4 Å². The molecule has 1 aliphatic rings. The van der Waals surface area contributed by atoms with Crippen molar-refractivity contribution in [2.45, 2.75) is 6.42 Å². The molecule has 0 radical (unpaired) electrons. The third-order valence-electron chi connectivity index (χ3n) is 2.64. The van der Waals surface area contributed by atoms with Crippen LogP contribution in [-0.2, 0) is 11.2 Å². The molecule has 2 N–H and O–H groups in total. The molecule has 1 aromatic carbocycles. The minimum atomic E-state index is -0.335. The Hall–Kier alpha value is -1.68. The molecule has 2 rings (SSSR count). The molecule has 3 nitrogen and oxygen atoms in total. The summed E-state index contributed by atoms with van der Waals surface area (Å²) in [5.41, 5.74) is 7.91. The quantitative estimate of drug-likeness (QED) is 0.768. The summed E-state index contributed by atoms with van der Waals surface area (Å²) in [6.07, 6.45) is 0.390. The van der Waals surface area contributed by atoms with Crippen LogP contribution in [0.5, 0.6) is 0 Å². The number of hydrogen-bond acceptors (Lipinski definition) is 3. The highest BCUT2D eigenvalue weighted by atomic mass is 19.1. The fourth-order valence-electron chi connectivity index (χ4n) is 1.87. The zero-order valence-corrected chi connectivity index (χ0v) is 8.92. The van der Waals surface area contributed by atoms with Gasteiger partial charge in [-0.05, 0) is 23.8 Å². The SMILES string of the molecule is COC/C(N)=C1\Cc2cc(F)ccc2C1=O. The van der Waals surface area contributed by atoms with Crippen LogP contribution in [0.15, 0.2) is 29.5 Å². The van der Waals surface area contributed by atoms with E-state index in [4.69, 9.17) is 10.5 Å². The first kappa shape index (κ1) is 10.8. The van der Waals surface area contributed by atoms with Crippen LogP contribution >= 0.6 is 0 Å². The zero-order chi connectivity index (χ0) is 11.7. The lowest BCUT2D eigenvalue weighted by Gasteiger charge is -2.02. The fraction of sp³-hybridized carbons (Fsp3) is 0.250. The summed E-state index contributed by atoms with van der Waals surface area (Å²) in [4.78, 5) is 11.9. The maximum absolute atomic E-state index is 13.0. The van der Waals surface area contributed by atoms with Gasteiger partial charge in [0.05, 0.1) is 6.61 Å². The minimum absolute atomic E-state index is 0.121. The molecule has 0 saturated carbocycles. The first-order valence-electron chi connectivity index (χ1n) is 4.93. The van der Waals surface area contributed by atoms with Crippen molar-refractivity contribution in [3.63, 3.8) is 0 Å². The summed E-state index contributed by atoms with van der Waals surface area (Å²) in [5, 5.41) is 0. The van der Waals surface area contributed by atoms with Crippen LogP contribution in [0.1, 0.15) is 15.9 Å². The van der Waals surface area contributed by atoms with E-state index in [9.17, 15) is 9.18 Å². The second kappa shape index (κ2) is 4.06. The number of methoxy groups -OCH3 is 1. The van der Waals surface area contributed by atoms with Crippen molar-refractivity contribution < 1.29 is 13.9 Å². The van der Waals surface area contributed by atoms with Gasteiger partial charge in [0.25, 0.3) is 0 Å². The molecular formula is C12H12FNO2. The van der Waals surface area contributed by atoms with E-state index < -0.39 is 0 Å². The van der Waals surface area contributed by atoms with Gasteiger partial charge in [-0.1, -0.05) is 0 Å². The molecule has 1 aromatic rings. The van der Waals surface area contributed by atoms with E-state index in [-0.39, 0.29) is 18.2 Å². The monoisotopic (exact) mass is 221 g/mol. The molecule has 84 valence electrons. The van der Waals surface area contributed by atoms with Crippen molar-refractivity contribution in [3.8, 4) is 0 Å². The highest BCUT2D eigenvalue weighted by Crippen LogP contribution is 2.27. The first-order valence-corrected chi connectivity index (χ1v) is 4.93. The van der Waals surface area contributed by atoms with Gasteiger partial charge in [0.2, 0.25) is 0 Å². The Morgan fingerprint density at radius 2 is 2.31 bits per heavy atom. The summed E-state index contributed by atoms with van der Waals surface area (Å²) < 4.78 is 17.9. The van der Waals surface area contributed by atoms with Gasteiger partial charge in [0, 0.05) is 30.4 Å². The number of rotatable bonds is 2. The Bertz CT molecular complexity index is 480. The molecular weight excluding hydrogens is 209 g/mol. The van der Waals surface area contributed by atoms with Crippen LogP contribution in [0.25, 0.3) is 0 Å². The van der Waals surface area contributed by atoms with Crippen LogP contribution < -0.4 is 5.73 Å². The smallest absolute Gasteiger partial charge is 0.191 e. The predicted octanol–water partition coefficient (Wildman–Crippen LogP) is 1.42. The average Bonchev–Trinajstić information content (AvgIpc) is 2.56.